The summed E-state index contributed by atoms with van der Waals surface area (Å²) in [6.45, 7) is 0. The third-order valence-electron chi connectivity index (χ3n) is 5.55. The molecule has 4 bridgehead atoms. The molecule has 0 amide bonds. The minimum atomic E-state index is -6.48. The van der Waals surface area contributed by atoms with Crippen molar-refractivity contribution in [2.24, 2.45) is 23.2 Å². The number of halogens is 5. The molecule has 4 rings (SSSR count). The second-order valence-electron chi connectivity index (χ2n) is 7.45. The van der Waals surface area contributed by atoms with Crippen LogP contribution in [0.25, 0.3) is 0 Å². The van der Waals surface area contributed by atoms with E-state index in [-0.39, 0.29) is 37.0 Å². The maximum absolute atomic E-state index is 13.5. The predicted octanol–water partition coefficient (Wildman–Crippen LogP) is 3.02. The first-order chi connectivity index (χ1) is 11.2. The maximum Gasteiger partial charge on any atom is 0.513 e. The molecule has 4 aliphatic carbocycles. The summed E-state index contributed by atoms with van der Waals surface area (Å²) >= 11 is 0. The van der Waals surface area contributed by atoms with Crippen LogP contribution in [0.4, 0.5) is 22.1 Å². The molecule has 25 heavy (non-hydrogen) atoms. The largest absolute Gasteiger partial charge is 0.513 e. The topological polar surface area (TPSA) is 80.7 Å². The van der Waals surface area contributed by atoms with Crippen LogP contribution in [0, 0.1) is 23.2 Å². The van der Waals surface area contributed by atoms with Gasteiger partial charge in [0.05, 0.1) is 14.4 Å². The number of quaternary nitrogens is 1. The number of hydrogen-bond donors (Lipinski definition) is 1. The van der Waals surface area contributed by atoms with Gasteiger partial charge >= 0.3 is 28.7 Å². The summed E-state index contributed by atoms with van der Waals surface area (Å²) in [5.41, 5.74) is -1.28. The molecule has 12 heteroatoms. The van der Waals surface area contributed by atoms with E-state index < -0.39 is 38.4 Å². The highest BCUT2D eigenvalue weighted by atomic mass is 32.2. The van der Waals surface area contributed by atoms with Gasteiger partial charge in [-0.2, -0.15) is 13.2 Å². The van der Waals surface area contributed by atoms with E-state index in [0.717, 1.165) is 19.3 Å². The smallest absolute Gasteiger partial charge is 0.396 e. The lowest BCUT2D eigenvalue weighted by atomic mass is 9.49. The Morgan fingerprint density at radius 3 is 1.80 bits per heavy atom. The maximum atomic E-state index is 13.5. The summed E-state index contributed by atoms with van der Waals surface area (Å²) < 4.78 is 94.7. The summed E-state index contributed by atoms with van der Waals surface area (Å²) in [4.78, 5) is 12.4. The first-order valence-electron chi connectivity index (χ1n) is 7.78. The van der Waals surface area contributed by atoms with Crippen LogP contribution >= 0.6 is 0 Å². The minimum Gasteiger partial charge on any atom is -0.396 e. The van der Waals surface area contributed by atoms with E-state index in [4.69, 9.17) is 4.55 Å². The molecule has 1 N–H and O–H groups in total. The van der Waals surface area contributed by atoms with E-state index in [1.54, 1.807) is 0 Å². The van der Waals surface area contributed by atoms with Crippen LogP contribution in [0.2, 0.25) is 0 Å². The number of alkyl halides is 3. The van der Waals surface area contributed by atoms with Gasteiger partial charge in [0.2, 0.25) is 4.33 Å². The molecule has 0 aromatic rings. The summed E-state index contributed by atoms with van der Waals surface area (Å²) in [6, 6.07) is 0. The number of hydrogen-bond acceptors (Lipinski definition) is 4. The van der Waals surface area contributed by atoms with E-state index in [9.17, 15) is 35.3 Å². The Labute approximate surface area is 140 Å². The average molecular weight is 394 g/mol. The number of ether oxygens (including phenoxy) is 1. The van der Waals surface area contributed by atoms with Crippen molar-refractivity contribution in [1.82, 2.24) is 0 Å². The van der Waals surface area contributed by atoms with Crippen molar-refractivity contribution in [3.63, 3.8) is 0 Å². The normalized spacial score (nSPS) is 36.3. The van der Waals surface area contributed by atoms with Crippen LogP contribution in [0.5, 0.6) is 0 Å². The fraction of sp³-hybridized carbons (Fsp3) is 0.923. The van der Waals surface area contributed by atoms with Crippen LogP contribution in [0.3, 0.4) is 0 Å². The quantitative estimate of drug-likeness (QED) is 0.261. The molecule has 0 spiro atoms. The summed E-state index contributed by atoms with van der Waals surface area (Å²) in [7, 11) is -6.48. The monoisotopic (exact) mass is 394 g/mol. The number of esters is 1. The fourth-order valence-corrected chi connectivity index (χ4v) is 5.41. The number of carbonyl (C=O) groups excluding carboxylic acids is 1. The van der Waals surface area contributed by atoms with E-state index >= 15 is 0 Å². The van der Waals surface area contributed by atoms with Crippen molar-refractivity contribution in [2.45, 2.75) is 50.9 Å². The van der Waals surface area contributed by atoms with E-state index in [1.165, 1.54) is 0 Å². The zero-order valence-electron chi connectivity index (χ0n) is 12.9. The highest BCUT2D eigenvalue weighted by Gasteiger charge is 2.71. The number of carbonyl (C=O) groups is 1. The predicted molar refractivity (Wildman–Crippen MR) is 70.6 cm³/mol. The lowest BCUT2D eigenvalue weighted by Gasteiger charge is -2.55. The van der Waals surface area contributed by atoms with Crippen LogP contribution < -0.4 is 0 Å². The summed E-state index contributed by atoms with van der Waals surface area (Å²) in [5, 5.41) is 0. The molecule has 4 aliphatic rings. The lowest BCUT2D eigenvalue weighted by Crippen LogP contribution is -2.58. The second kappa shape index (κ2) is 5.49. The summed E-state index contributed by atoms with van der Waals surface area (Å²) in [5.74, 6) is -1.05. The van der Waals surface area contributed by atoms with Gasteiger partial charge in [-0.3, -0.25) is 4.79 Å². The van der Waals surface area contributed by atoms with Crippen LogP contribution in [0.1, 0.15) is 38.5 Å². The van der Waals surface area contributed by atoms with Crippen molar-refractivity contribution >= 4 is 16.3 Å². The molecule has 1 atom stereocenters. The van der Waals surface area contributed by atoms with E-state index in [0.29, 0.717) is 0 Å². The SMILES string of the molecule is O=C(OC(C(F)(F)F)[N+](F)(F)S(=O)(=O)O)C12CC3CC(CC(C3)C1)C2. The highest BCUT2D eigenvalue weighted by molar-refractivity contribution is 7.79. The lowest BCUT2D eigenvalue weighted by molar-refractivity contribution is -1.11. The first-order valence-corrected chi connectivity index (χ1v) is 9.18. The third-order valence-corrected chi connectivity index (χ3v) is 6.36. The Balaban J connectivity index is 1.87. The number of nitrogens with zero attached hydrogens (tertiary/aromatic N) is 1. The molecule has 0 saturated heterocycles. The van der Waals surface area contributed by atoms with Crippen LogP contribution in [0.15, 0.2) is 0 Å². The van der Waals surface area contributed by atoms with Crippen LogP contribution in [-0.4, -0.2) is 35.7 Å². The van der Waals surface area contributed by atoms with Gasteiger partial charge in [-0.1, -0.05) is 0 Å². The molecule has 4 saturated carbocycles. The van der Waals surface area contributed by atoms with E-state index in [1.807, 2.05) is 0 Å². The van der Waals surface area contributed by atoms with Crippen LogP contribution in [-0.2, 0) is 19.8 Å². The summed E-state index contributed by atoms with van der Waals surface area (Å²) in [6.07, 6.45) is -6.85. The first kappa shape index (κ1) is 18.8. The number of rotatable bonds is 4. The molecule has 0 aromatic carbocycles. The fourth-order valence-electron chi connectivity index (χ4n) is 5.01. The van der Waals surface area contributed by atoms with Gasteiger partial charge in [-0.05, 0) is 56.3 Å². The van der Waals surface area contributed by atoms with Crippen molar-refractivity contribution in [3.8, 4) is 0 Å². The Kier molecular flexibility index (Phi) is 4.12. The average Bonchev–Trinajstić information content (AvgIpc) is 2.40. The minimum absolute atomic E-state index is 0.139. The molecular weight excluding hydrogens is 377 g/mol. The zero-order chi connectivity index (χ0) is 18.8. The molecule has 144 valence electrons. The van der Waals surface area contributed by atoms with Gasteiger partial charge in [-0.15, -0.1) is 8.42 Å². The molecule has 0 radical (unpaired) electrons. The van der Waals surface area contributed by atoms with Gasteiger partial charge in [0.15, 0.2) is 0 Å². The Bertz CT molecular complexity index is 642. The van der Waals surface area contributed by atoms with Gasteiger partial charge in [-0.25, -0.2) is 4.55 Å². The van der Waals surface area contributed by atoms with Gasteiger partial charge in [0.1, 0.15) is 0 Å². The molecule has 6 nitrogen and oxygen atoms in total. The third kappa shape index (κ3) is 3.12. The molecule has 0 aromatic heterocycles. The van der Waals surface area contributed by atoms with Gasteiger partial charge in [0.25, 0.3) is 0 Å². The molecular formula is C13H17F5NO5S+. The standard InChI is InChI=1S/C13H16F5NO5S/c14-13(15,16)10(19(17,18)25(21,22)23)24-11(20)12-4-7-1-8(5-12)3-9(2-7)6-12/h7-10H,1-6H2/p+1. The Morgan fingerprint density at radius 2 is 1.48 bits per heavy atom. The van der Waals surface area contributed by atoms with Crippen molar-refractivity contribution < 1.29 is 49.0 Å². The van der Waals surface area contributed by atoms with Crippen molar-refractivity contribution in [3.05, 3.63) is 0 Å². The Hall–Kier alpha value is -1.01. The molecule has 0 heterocycles. The van der Waals surface area contributed by atoms with Gasteiger partial charge in [0, 0.05) is 0 Å². The highest BCUT2D eigenvalue weighted by Crippen LogP contribution is 2.60. The molecule has 1 unspecified atom stereocenters. The second-order valence-corrected chi connectivity index (χ2v) is 8.83. The Morgan fingerprint density at radius 1 is 1.08 bits per heavy atom. The molecule has 4 fully saturated rings. The zero-order valence-corrected chi connectivity index (χ0v) is 13.7. The van der Waals surface area contributed by atoms with E-state index in [2.05, 4.69) is 4.74 Å². The van der Waals surface area contributed by atoms with Gasteiger partial charge < -0.3 is 4.74 Å². The molecule has 0 aliphatic heterocycles. The van der Waals surface area contributed by atoms with Crippen molar-refractivity contribution in [1.29, 1.82) is 0 Å². The van der Waals surface area contributed by atoms with Crippen molar-refractivity contribution in [2.75, 3.05) is 0 Å².